The molecule has 2 aromatic carbocycles. The standard InChI is InChI=1S/C22H26ClFN2/c1-22(2)14-26(11-10-25(22)3)21-13-19(15-4-7-17(24)8-5-15)20-12-16(23)6-9-18(20)21/h4-9,12,19,21H,10-11,13-14H2,1-3H3/t19-,21+/m0/s1. The number of likely N-dealkylation sites (N-methyl/N-ethyl adjacent to an activating group) is 1. The number of benzene rings is 2. The summed E-state index contributed by atoms with van der Waals surface area (Å²) in [6, 6.07) is 13.6. The van der Waals surface area contributed by atoms with Crippen molar-refractivity contribution >= 4 is 11.6 Å². The molecule has 1 aliphatic heterocycles. The van der Waals surface area contributed by atoms with Crippen LogP contribution in [0.4, 0.5) is 4.39 Å². The minimum atomic E-state index is -0.185. The molecule has 0 amide bonds. The van der Waals surface area contributed by atoms with Gasteiger partial charge in [0, 0.05) is 42.2 Å². The molecule has 0 unspecified atom stereocenters. The molecule has 138 valence electrons. The summed E-state index contributed by atoms with van der Waals surface area (Å²) in [6.45, 7) is 7.82. The summed E-state index contributed by atoms with van der Waals surface area (Å²) < 4.78 is 13.4. The normalized spacial score (nSPS) is 26.0. The summed E-state index contributed by atoms with van der Waals surface area (Å²) in [5.74, 6) is 0.0903. The van der Waals surface area contributed by atoms with Gasteiger partial charge in [-0.2, -0.15) is 0 Å². The number of halogens is 2. The second-order valence-electron chi connectivity index (χ2n) is 8.33. The van der Waals surface area contributed by atoms with Gasteiger partial charge in [-0.1, -0.05) is 29.8 Å². The molecule has 0 radical (unpaired) electrons. The SMILES string of the molecule is CN1CCN([C@@H]2C[C@@H](c3ccc(F)cc3)c3cc(Cl)ccc32)CC1(C)C. The number of hydrogen-bond donors (Lipinski definition) is 0. The maximum Gasteiger partial charge on any atom is 0.123 e. The van der Waals surface area contributed by atoms with Crippen molar-refractivity contribution < 1.29 is 4.39 Å². The Balaban J connectivity index is 1.69. The van der Waals surface area contributed by atoms with Gasteiger partial charge in [0.1, 0.15) is 5.82 Å². The van der Waals surface area contributed by atoms with E-state index >= 15 is 0 Å². The molecule has 0 aromatic heterocycles. The molecule has 1 heterocycles. The largest absolute Gasteiger partial charge is 0.299 e. The Bertz CT molecular complexity index is 802. The van der Waals surface area contributed by atoms with Gasteiger partial charge in [-0.3, -0.25) is 9.80 Å². The summed E-state index contributed by atoms with van der Waals surface area (Å²) in [4.78, 5) is 5.06. The van der Waals surface area contributed by atoms with Gasteiger partial charge in [0.05, 0.1) is 0 Å². The van der Waals surface area contributed by atoms with E-state index in [0.29, 0.717) is 6.04 Å². The third-order valence-electron chi connectivity index (χ3n) is 6.30. The lowest BCUT2D eigenvalue weighted by atomic mass is 9.93. The van der Waals surface area contributed by atoms with Crippen LogP contribution in [0.3, 0.4) is 0 Å². The van der Waals surface area contributed by atoms with Crippen LogP contribution in [0.5, 0.6) is 0 Å². The Morgan fingerprint density at radius 2 is 1.77 bits per heavy atom. The van der Waals surface area contributed by atoms with E-state index in [2.05, 4.69) is 42.8 Å². The van der Waals surface area contributed by atoms with Gasteiger partial charge in [-0.25, -0.2) is 4.39 Å². The quantitative estimate of drug-likeness (QED) is 0.725. The zero-order valence-electron chi connectivity index (χ0n) is 15.7. The van der Waals surface area contributed by atoms with Crippen molar-refractivity contribution in [3.05, 3.63) is 70.0 Å². The van der Waals surface area contributed by atoms with E-state index in [1.165, 1.54) is 16.7 Å². The van der Waals surface area contributed by atoms with Crippen molar-refractivity contribution in [3.8, 4) is 0 Å². The van der Waals surface area contributed by atoms with Crippen molar-refractivity contribution in [1.82, 2.24) is 9.80 Å². The van der Waals surface area contributed by atoms with Crippen LogP contribution in [0, 0.1) is 5.82 Å². The van der Waals surface area contributed by atoms with Crippen molar-refractivity contribution in [2.45, 2.75) is 37.8 Å². The molecule has 1 fully saturated rings. The first kappa shape index (κ1) is 18.0. The zero-order chi connectivity index (χ0) is 18.5. The first-order chi connectivity index (χ1) is 12.3. The van der Waals surface area contributed by atoms with Crippen LogP contribution >= 0.6 is 11.6 Å². The van der Waals surface area contributed by atoms with Crippen LogP contribution in [-0.4, -0.2) is 42.0 Å². The molecule has 4 rings (SSSR count). The molecule has 1 saturated heterocycles. The van der Waals surface area contributed by atoms with Gasteiger partial charge in [0.15, 0.2) is 0 Å². The van der Waals surface area contributed by atoms with Crippen molar-refractivity contribution in [2.75, 3.05) is 26.7 Å². The van der Waals surface area contributed by atoms with E-state index < -0.39 is 0 Å². The lowest BCUT2D eigenvalue weighted by Crippen LogP contribution is -2.58. The molecule has 1 aliphatic carbocycles. The zero-order valence-corrected chi connectivity index (χ0v) is 16.4. The van der Waals surface area contributed by atoms with Crippen LogP contribution in [0.15, 0.2) is 42.5 Å². The molecule has 2 nitrogen and oxygen atoms in total. The fourth-order valence-electron chi connectivity index (χ4n) is 4.53. The fourth-order valence-corrected chi connectivity index (χ4v) is 4.71. The molecular weight excluding hydrogens is 347 g/mol. The Morgan fingerprint density at radius 3 is 2.46 bits per heavy atom. The average molecular weight is 373 g/mol. The van der Waals surface area contributed by atoms with Crippen molar-refractivity contribution in [3.63, 3.8) is 0 Å². The molecule has 2 aromatic rings. The molecule has 0 bridgehead atoms. The molecule has 0 N–H and O–H groups in total. The van der Waals surface area contributed by atoms with Gasteiger partial charge < -0.3 is 0 Å². The van der Waals surface area contributed by atoms with Crippen LogP contribution in [0.25, 0.3) is 0 Å². The maximum atomic E-state index is 13.4. The van der Waals surface area contributed by atoms with Crippen molar-refractivity contribution in [1.29, 1.82) is 0 Å². The Labute approximate surface area is 160 Å². The average Bonchev–Trinajstić information content (AvgIpc) is 2.96. The third-order valence-corrected chi connectivity index (χ3v) is 6.54. The molecule has 2 aliphatic rings. The highest BCUT2D eigenvalue weighted by Crippen LogP contribution is 2.48. The van der Waals surface area contributed by atoms with Crippen LogP contribution in [0.1, 0.15) is 48.9 Å². The van der Waals surface area contributed by atoms with Crippen LogP contribution < -0.4 is 0 Å². The first-order valence-electron chi connectivity index (χ1n) is 9.35. The van der Waals surface area contributed by atoms with E-state index in [0.717, 1.165) is 31.1 Å². The third kappa shape index (κ3) is 3.17. The lowest BCUT2D eigenvalue weighted by Gasteiger charge is -2.47. The predicted octanol–water partition coefficient (Wildman–Crippen LogP) is 5.08. The maximum absolute atomic E-state index is 13.4. The van der Waals surface area contributed by atoms with E-state index in [-0.39, 0.29) is 17.3 Å². The summed E-state index contributed by atoms with van der Waals surface area (Å²) >= 11 is 6.32. The fraction of sp³-hybridized carbons (Fsp3) is 0.455. The Hall–Kier alpha value is -1.42. The van der Waals surface area contributed by atoms with Crippen LogP contribution in [0.2, 0.25) is 5.02 Å². The topological polar surface area (TPSA) is 6.48 Å². The molecule has 26 heavy (non-hydrogen) atoms. The molecular formula is C22H26ClFN2. The monoisotopic (exact) mass is 372 g/mol. The summed E-state index contributed by atoms with van der Waals surface area (Å²) in [6.07, 6.45) is 1.03. The Kier molecular flexibility index (Phi) is 4.58. The lowest BCUT2D eigenvalue weighted by molar-refractivity contribution is 0.0158. The smallest absolute Gasteiger partial charge is 0.123 e. The minimum absolute atomic E-state index is 0.165. The van der Waals surface area contributed by atoms with E-state index in [1.54, 1.807) is 12.1 Å². The Morgan fingerprint density at radius 1 is 1.04 bits per heavy atom. The number of fused-ring (bicyclic) bond motifs is 1. The molecule has 0 spiro atoms. The number of piperazine rings is 1. The number of hydrogen-bond acceptors (Lipinski definition) is 2. The van der Waals surface area contributed by atoms with E-state index in [9.17, 15) is 4.39 Å². The van der Waals surface area contributed by atoms with E-state index in [1.807, 2.05) is 18.2 Å². The second-order valence-corrected chi connectivity index (χ2v) is 8.77. The number of nitrogens with zero attached hydrogens (tertiary/aromatic N) is 2. The summed E-state index contributed by atoms with van der Waals surface area (Å²) in [5, 5.41) is 0.773. The van der Waals surface area contributed by atoms with Crippen molar-refractivity contribution in [2.24, 2.45) is 0 Å². The van der Waals surface area contributed by atoms with Gasteiger partial charge in [-0.05, 0) is 68.3 Å². The minimum Gasteiger partial charge on any atom is -0.299 e. The first-order valence-corrected chi connectivity index (χ1v) is 9.73. The van der Waals surface area contributed by atoms with Crippen LogP contribution in [-0.2, 0) is 0 Å². The summed E-state index contributed by atoms with van der Waals surface area (Å²) in [7, 11) is 2.21. The highest BCUT2D eigenvalue weighted by molar-refractivity contribution is 6.30. The molecule has 2 atom stereocenters. The predicted molar refractivity (Wildman–Crippen MR) is 105 cm³/mol. The second kappa shape index (κ2) is 6.63. The molecule has 0 saturated carbocycles. The highest BCUT2D eigenvalue weighted by Gasteiger charge is 2.40. The summed E-state index contributed by atoms with van der Waals surface area (Å²) in [5.41, 5.74) is 4.01. The van der Waals surface area contributed by atoms with Gasteiger partial charge >= 0.3 is 0 Å². The molecule has 4 heteroatoms. The highest BCUT2D eigenvalue weighted by atomic mass is 35.5. The number of rotatable bonds is 2. The van der Waals surface area contributed by atoms with Gasteiger partial charge in [0.2, 0.25) is 0 Å². The van der Waals surface area contributed by atoms with Gasteiger partial charge in [-0.15, -0.1) is 0 Å². The van der Waals surface area contributed by atoms with Gasteiger partial charge in [0.25, 0.3) is 0 Å². The van der Waals surface area contributed by atoms with E-state index in [4.69, 9.17) is 11.6 Å².